The molecule has 0 bridgehead atoms. The van der Waals surface area contributed by atoms with E-state index in [1.807, 2.05) is 19.9 Å². The summed E-state index contributed by atoms with van der Waals surface area (Å²) in [5.74, 6) is -0.0672. The Morgan fingerprint density at radius 2 is 2.28 bits per heavy atom. The van der Waals surface area contributed by atoms with Gasteiger partial charge < -0.3 is 10.0 Å². The molecule has 0 aliphatic carbocycles. The lowest BCUT2D eigenvalue weighted by molar-refractivity contribution is -0.0184. The number of halogens is 1. The van der Waals surface area contributed by atoms with Crippen LogP contribution in [0.4, 0.5) is 0 Å². The first kappa shape index (κ1) is 13.5. The molecule has 18 heavy (non-hydrogen) atoms. The van der Waals surface area contributed by atoms with Crippen LogP contribution >= 0.6 is 15.9 Å². The molecule has 0 aromatic carbocycles. The summed E-state index contributed by atoms with van der Waals surface area (Å²) in [5, 5.41) is 9.88. The highest BCUT2D eigenvalue weighted by Crippen LogP contribution is 2.29. The minimum absolute atomic E-state index is 0.0672. The van der Waals surface area contributed by atoms with Gasteiger partial charge in [0, 0.05) is 29.2 Å². The first-order chi connectivity index (χ1) is 8.40. The smallest absolute Gasteiger partial charge is 0.272 e. The van der Waals surface area contributed by atoms with E-state index in [1.165, 1.54) is 0 Å². The van der Waals surface area contributed by atoms with Gasteiger partial charge in [0.2, 0.25) is 0 Å². The molecule has 1 atom stereocenters. The summed E-state index contributed by atoms with van der Waals surface area (Å²) in [6.45, 7) is 5.10. The normalized spacial score (nSPS) is 22.9. The molecule has 2 heterocycles. The third kappa shape index (κ3) is 2.72. The number of hydrogen-bond acceptors (Lipinski definition) is 3. The van der Waals surface area contributed by atoms with Crippen LogP contribution in [0.3, 0.4) is 0 Å². The average Bonchev–Trinajstić information content (AvgIpc) is 2.33. The van der Waals surface area contributed by atoms with Crippen molar-refractivity contribution in [2.24, 2.45) is 5.41 Å². The van der Waals surface area contributed by atoms with Crippen molar-refractivity contribution in [2.45, 2.75) is 26.4 Å². The molecule has 0 saturated carbocycles. The van der Waals surface area contributed by atoms with Crippen LogP contribution in [0.25, 0.3) is 0 Å². The minimum atomic E-state index is -0.348. The number of nitrogens with zero attached hydrogens (tertiary/aromatic N) is 2. The second kappa shape index (κ2) is 4.97. The van der Waals surface area contributed by atoms with E-state index >= 15 is 0 Å². The number of hydrogen-bond donors (Lipinski definition) is 1. The zero-order chi connectivity index (χ0) is 13.3. The third-order valence-corrected chi connectivity index (χ3v) is 3.88. The molecule has 98 valence electrons. The van der Waals surface area contributed by atoms with Gasteiger partial charge in [0.15, 0.2) is 0 Å². The second-order valence-electron chi connectivity index (χ2n) is 5.38. The van der Waals surface area contributed by atoms with Gasteiger partial charge in [-0.15, -0.1) is 0 Å². The number of rotatable bonds is 1. The molecule has 1 aromatic heterocycles. The van der Waals surface area contributed by atoms with Crippen LogP contribution < -0.4 is 0 Å². The summed E-state index contributed by atoms with van der Waals surface area (Å²) in [7, 11) is 0. The van der Waals surface area contributed by atoms with Crippen LogP contribution in [0.1, 0.15) is 30.8 Å². The molecule has 1 aliphatic rings. The summed E-state index contributed by atoms with van der Waals surface area (Å²) in [6, 6.07) is 3.52. The van der Waals surface area contributed by atoms with Crippen molar-refractivity contribution in [1.82, 2.24) is 9.88 Å². The van der Waals surface area contributed by atoms with E-state index in [4.69, 9.17) is 0 Å². The summed E-state index contributed by atoms with van der Waals surface area (Å²) < 4.78 is 0.855. The minimum Gasteiger partial charge on any atom is -0.392 e. The monoisotopic (exact) mass is 312 g/mol. The molecule has 1 fully saturated rings. The van der Waals surface area contributed by atoms with Crippen molar-refractivity contribution in [3.05, 3.63) is 28.5 Å². The van der Waals surface area contributed by atoms with Gasteiger partial charge in [-0.05, 0) is 34.5 Å². The Morgan fingerprint density at radius 1 is 1.56 bits per heavy atom. The molecular formula is C13H17BrN2O2. The lowest BCUT2D eigenvalue weighted by Gasteiger charge is -2.41. The number of aliphatic hydroxyl groups excluding tert-OH is 1. The van der Waals surface area contributed by atoms with Gasteiger partial charge in [0.1, 0.15) is 5.69 Å². The molecule has 1 amide bonds. The molecule has 2 rings (SSSR count). The molecule has 5 heteroatoms. The maximum Gasteiger partial charge on any atom is 0.272 e. The third-order valence-electron chi connectivity index (χ3n) is 3.41. The van der Waals surface area contributed by atoms with Crippen molar-refractivity contribution < 1.29 is 9.90 Å². The van der Waals surface area contributed by atoms with Crippen LogP contribution in [-0.4, -0.2) is 40.1 Å². The van der Waals surface area contributed by atoms with E-state index in [2.05, 4.69) is 20.9 Å². The highest BCUT2D eigenvalue weighted by Gasteiger charge is 2.36. The standard InChI is InChI=1S/C13H17BrN2O2/c1-13(2)8-16(6-5-11(13)17)12(18)10-4-3-9(14)7-15-10/h3-4,7,11,17H,5-6,8H2,1-2H3/t11-/m0/s1. The van der Waals surface area contributed by atoms with E-state index in [0.717, 1.165) is 4.47 Å². The van der Waals surface area contributed by atoms with Crippen LogP contribution in [0, 0.1) is 5.41 Å². The quantitative estimate of drug-likeness (QED) is 0.863. The number of aliphatic hydroxyl groups is 1. The van der Waals surface area contributed by atoms with Gasteiger partial charge in [-0.3, -0.25) is 4.79 Å². The first-order valence-electron chi connectivity index (χ1n) is 5.99. The van der Waals surface area contributed by atoms with Gasteiger partial charge in [-0.1, -0.05) is 13.8 Å². The topological polar surface area (TPSA) is 53.4 Å². The van der Waals surface area contributed by atoms with Gasteiger partial charge in [-0.25, -0.2) is 4.98 Å². The molecule has 0 spiro atoms. The summed E-state index contributed by atoms with van der Waals surface area (Å²) in [4.78, 5) is 18.2. The number of likely N-dealkylation sites (tertiary alicyclic amines) is 1. The number of carbonyl (C=O) groups is 1. The highest BCUT2D eigenvalue weighted by atomic mass is 79.9. The number of amides is 1. The fourth-order valence-corrected chi connectivity index (χ4v) is 2.42. The Hall–Kier alpha value is -0.940. The van der Waals surface area contributed by atoms with Crippen molar-refractivity contribution in [2.75, 3.05) is 13.1 Å². The lowest BCUT2D eigenvalue weighted by atomic mass is 9.81. The van der Waals surface area contributed by atoms with Crippen LogP contribution in [-0.2, 0) is 0 Å². The largest absolute Gasteiger partial charge is 0.392 e. The predicted octanol–water partition coefficient (Wildman–Crippen LogP) is 2.08. The van der Waals surface area contributed by atoms with E-state index < -0.39 is 0 Å². The van der Waals surface area contributed by atoms with Crippen molar-refractivity contribution in [3.63, 3.8) is 0 Å². The maximum absolute atomic E-state index is 12.3. The van der Waals surface area contributed by atoms with E-state index in [-0.39, 0.29) is 17.4 Å². The summed E-state index contributed by atoms with van der Waals surface area (Å²) in [6.07, 6.45) is 1.89. The highest BCUT2D eigenvalue weighted by molar-refractivity contribution is 9.10. The predicted molar refractivity (Wildman–Crippen MR) is 72.2 cm³/mol. The van der Waals surface area contributed by atoms with Crippen molar-refractivity contribution in [3.8, 4) is 0 Å². The SMILES string of the molecule is CC1(C)CN(C(=O)c2ccc(Br)cn2)CC[C@@H]1O. The number of piperidine rings is 1. The Labute approximate surface area is 115 Å². The summed E-state index contributed by atoms with van der Waals surface area (Å²) >= 11 is 3.30. The van der Waals surface area contributed by atoms with Crippen LogP contribution in [0.2, 0.25) is 0 Å². The first-order valence-corrected chi connectivity index (χ1v) is 6.78. The average molecular weight is 313 g/mol. The number of aromatic nitrogens is 1. The fourth-order valence-electron chi connectivity index (χ4n) is 2.18. The number of carbonyl (C=O) groups excluding carboxylic acids is 1. The second-order valence-corrected chi connectivity index (χ2v) is 6.30. The number of pyridine rings is 1. The van der Waals surface area contributed by atoms with Gasteiger partial charge >= 0.3 is 0 Å². The Balaban J connectivity index is 2.13. The maximum atomic E-state index is 12.3. The Morgan fingerprint density at radius 3 is 2.83 bits per heavy atom. The molecule has 1 saturated heterocycles. The Kier molecular flexibility index (Phi) is 3.73. The van der Waals surface area contributed by atoms with E-state index in [1.54, 1.807) is 17.2 Å². The van der Waals surface area contributed by atoms with Crippen molar-refractivity contribution >= 4 is 21.8 Å². The van der Waals surface area contributed by atoms with E-state index in [9.17, 15) is 9.90 Å². The molecular weight excluding hydrogens is 296 g/mol. The zero-order valence-corrected chi connectivity index (χ0v) is 12.1. The molecule has 1 N–H and O–H groups in total. The van der Waals surface area contributed by atoms with E-state index in [0.29, 0.717) is 25.2 Å². The molecule has 4 nitrogen and oxygen atoms in total. The van der Waals surface area contributed by atoms with Gasteiger partial charge in [-0.2, -0.15) is 0 Å². The molecule has 0 unspecified atom stereocenters. The van der Waals surface area contributed by atoms with Gasteiger partial charge in [0.05, 0.1) is 6.10 Å². The zero-order valence-electron chi connectivity index (χ0n) is 10.6. The van der Waals surface area contributed by atoms with Crippen molar-refractivity contribution in [1.29, 1.82) is 0 Å². The van der Waals surface area contributed by atoms with Crippen LogP contribution in [0.15, 0.2) is 22.8 Å². The Bertz CT molecular complexity index is 445. The lowest BCUT2D eigenvalue weighted by Crippen LogP contribution is -2.50. The van der Waals surface area contributed by atoms with Gasteiger partial charge in [0.25, 0.3) is 5.91 Å². The van der Waals surface area contributed by atoms with Crippen LogP contribution in [0.5, 0.6) is 0 Å². The molecule has 1 aromatic rings. The fraction of sp³-hybridized carbons (Fsp3) is 0.538. The molecule has 1 aliphatic heterocycles. The molecule has 0 radical (unpaired) electrons. The summed E-state index contributed by atoms with van der Waals surface area (Å²) in [5.41, 5.74) is 0.189.